The number of nitrogens with zero attached hydrogens (tertiary/aromatic N) is 5. The van der Waals surface area contributed by atoms with Gasteiger partial charge in [-0.15, -0.1) is 10.2 Å². The summed E-state index contributed by atoms with van der Waals surface area (Å²) in [6, 6.07) is 23.1. The van der Waals surface area contributed by atoms with Crippen LogP contribution in [0.3, 0.4) is 0 Å². The Morgan fingerprint density at radius 2 is 1.79 bits per heavy atom. The Bertz CT molecular complexity index is 1530. The number of hydrogen-bond acceptors (Lipinski definition) is 4. The summed E-state index contributed by atoms with van der Waals surface area (Å²) in [7, 11) is 0. The van der Waals surface area contributed by atoms with Gasteiger partial charge < -0.3 is 4.90 Å². The molecule has 6 rings (SSSR count). The molecule has 6 nitrogen and oxygen atoms in total. The van der Waals surface area contributed by atoms with Crippen molar-refractivity contribution in [3.63, 3.8) is 0 Å². The zero-order valence-electron chi connectivity index (χ0n) is 18.4. The number of rotatable bonds is 3. The summed E-state index contributed by atoms with van der Waals surface area (Å²) in [5.74, 6) is 1.04. The lowest BCUT2D eigenvalue weighted by atomic mass is 9.95. The van der Waals surface area contributed by atoms with Crippen LogP contribution in [0, 0.1) is 0 Å². The molecule has 0 spiro atoms. The van der Waals surface area contributed by atoms with Crippen molar-refractivity contribution in [2.24, 2.45) is 0 Å². The molecule has 7 heteroatoms. The van der Waals surface area contributed by atoms with Gasteiger partial charge >= 0.3 is 0 Å². The number of hydrogen-bond donors (Lipinski definition) is 0. The Balaban J connectivity index is 1.38. The quantitative estimate of drug-likeness (QED) is 0.345. The van der Waals surface area contributed by atoms with E-state index in [4.69, 9.17) is 16.6 Å². The van der Waals surface area contributed by atoms with Crippen LogP contribution in [0.2, 0.25) is 5.02 Å². The number of aromatic nitrogens is 4. The zero-order chi connectivity index (χ0) is 23.1. The van der Waals surface area contributed by atoms with E-state index in [1.807, 2.05) is 88.3 Å². The Labute approximate surface area is 201 Å². The van der Waals surface area contributed by atoms with Crippen molar-refractivity contribution < 1.29 is 4.79 Å². The van der Waals surface area contributed by atoms with Crippen molar-refractivity contribution in [2.45, 2.75) is 18.8 Å². The van der Waals surface area contributed by atoms with E-state index in [9.17, 15) is 4.79 Å². The van der Waals surface area contributed by atoms with Gasteiger partial charge in [-0.25, -0.2) is 4.98 Å². The lowest BCUT2D eigenvalue weighted by Crippen LogP contribution is -2.39. The number of carbonyl (C=O) groups excluding carboxylic acids is 1. The number of likely N-dealkylation sites (tertiary alicyclic amines) is 1. The number of halogens is 1. The molecule has 1 aliphatic rings. The summed E-state index contributed by atoms with van der Waals surface area (Å²) in [5, 5.41) is 10.2. The van der Waals surface area contributed by atoms with Gasteiger partial charge in [0.25, 0.3) is 5.91 Å². The maximum absolute atomic E-state index is 13.9. The van der Waals surface area contributed by atoms with E-state index < -0.39 is 0 Å². The number of fused-ring (bicyclic) bond motifs is 2. The Morgan fingerprint density at radius 1 is 0.971 bits per heavy atom. The minimum Gasteiger partial charge on any atom is -0.338 e. The average molecular weight is 468 g/mol. The molecule has 3 aromatic heterocycles. The highest BCUT2D eigenvalue weighted by Crippen LogP contribution is 2.32. The van der Waals surface area contributed by atoms with Gasteiger partial charge in [-0.2, -0.15) is 0 Å². The Kier molecular flexibility index (Phi) is 5.23. The number of para-hydroxylation sites is 1. The molecule has 4 heterocycles. The fourth-order valence-corrected chi connectivity index (χ4v) is 5.07. The fraction of sp³-hybridized carbons (Fsp3) is 0.185. The van der Waals surface area contributed by atoms with Gasteiger partial charge in [0, 0.05) is 41.2 Å². The lowest BCUT2D eigenvalue weighted by Gasteiger charge is -2.32. The van der Waals surface area contributed by atoms with Gasteiger partial charge in [0.2, 0.25) is 0 Å². The standard InChI is InChI=1S/C27H22ClN5O/c28-22-11-3-1-10-20(22)24-16-21(19-9-2-4-12-23(19)29-24)27(34)32-14-7-8-18(17-32)26-31-30-25-13-5-6-15-33(25)26/h1-6,9-13,15-16,18H,7-8,14,17H2. The lowest BCUT2D eigenvalue weighted by molar-refractivity contribution is 0.0706. The SMILES string of the molecule is O=C(c1cc(-c2ccccc2Cl)nc2ccccc12)N1CCCC(c2nnc3ccccn23)C1. The first-order chi connectivity index (χ1) is 16.7. The average Bonchev–Trinajstić information content (AvgIpc) is 3.32. The van der Waals surface area contributed by atoms with E-state index in [-0.39, 0.29) is 11.8 Å². The molecule has 0 N–H and O–H groups in total. The Hall–Kier alpha value is -3.77. The summed E-state index contributed by atoms with van der Waals surface area (Å²) in [4.78, 5) is 20.6. The minimum absolute atomic E-state index is 0.00502. The molecule has 0 bridgehead atoms. The van der Waals surface area contributed by atoms with Crippen LogP contribution in [0.4, 0.5) is 0 Å². The number of piperidine rings is 1. The summed E-state index contributed by atoms with van der Waals surface area (Å²) < 4.78 is 2.02. The van der Waals surface area contributed by atoms with Gasteiger partial charge in [-0.1, -0.05) is 54.1 Å². The van der Waals surface area contributed by atoms with E-state index >= 15 is 0 Å². The zero-order valence-corrected chi connectivity index (χ0v) is 19.2. The monoisotopic (exact) mass is 467 g/mol. The van der Waals surface area contributed by atoms with Crippen LogP contribution in [0.1, 0.15) is 34.9 Å². The molecule has 0 radical (unpaired) electrons. The molecule has 0 aliphatic carbocycles. The Morgan fingerprint density at radius 3 is 2.71 bits per heavy atom. The number of pyridine rings is 2. The number of amides is 1. The number of carbonyl (C=O) groups is 1. The van der Waals surface area contributed by atoms with E-state index in [0.717, 1.165) is 40.8 Å². The third-order valence-electron chi connectivity index (χ3n) is 6.51. The van der Waals surface area contributed by atoms with E-state index in [2.05, 4.69) is 10.2 Å². The van der Waals surface area contributed by atoms with Crippen molar-refractivity contribution in [1.29, 1.82) is 0 Å². The molecule has 1 atom stereocenters. The molecule has 1 saturated heterocycles. The van der Waals surface area contributed by atoms with Crippen molar-refractivity contribution in [1.82, 2.24) is 24.5 Å². The highest BCUT2D eigenvalue weighted by molar-refractivity contribution is 6.33. The van der Waals surface area contributed by atoms with E-state index in [1.54, 1.807) is 0 Å². The van der Waals surface area contributed by atoms with Crippen molar-refractivity contribution >= 4 is 34.1 Å². The van der Waals surface area contributed by atoms with Crippen LogP contribution in [0.15, 0.2) is 79.0 Å². The summed E-state index contributed by atoms with van der Waals surface area (Å²) in [5.41, 5.74) is 3.76. The highest BCUT2D eigenvalue weighted by atomic mass is 35.5. The van der Waals surface area contributed by atoms with Gasteiger partial charge in [0.1, 0.15) is 5.82 Å². The maximum atomic E-state index is 13.9. The largest absolute Gasteiger partial charge is 0.338 e. The third-order valence-corrected chi connectivity index (χ3v) is 6.84. The summed E-state index contributed by atoms with van der Waals surface area (Å²) in [6.07, 6.45) is 3.87. The van der Waals surface area contributed by atoms with Crippen molar-refractivity contribution in [3.05, 3.63) is 95.4 Å². The van der Waals surface area contributed by atoms with Crippen LogP contribution in [-0.4, -0.2) is 43.5 Å². The number of benzene rings is 2. The second-order valence-corrected chi connectivity index (χ2v) is 9.04. The molecule has 34 heavy (non-hydrogen) atoms. The van der Waals surface area contributed by atoms with Crippen LogP contribution in [-0.2, 0) is 0 Å². The summed E-state index contributed by atoms with van der Waals surface area (Å²) in [6.45, 7) is 1.32. The third kappa shape index (κ3) is 3.60. The first-order valence-electron chi connectivity index (χ1n) is 11.4. The molecule has 1 unspecified atom stereocenters. The molecule has 1 aliphatic heterocycles. The van der Waals surface area contributed by atoms with Crippen LogP contribution in [0.25, 0.3) is 27.8 Å². The minimum atomic E-state index is 0.00502. The molecule has 168 valence electrons. The fourth-order valence-electron chi connectivity index (χ4n) is 4.84. The maximum Gasteiger partial charge on any atom is 0.254 e. The van der Waals surface area contributed by atoms with Crippen molar-refractivity contribution in [2.75, 3.05) is 13.1 Å². The molecule has 2 aromatic carbocycles. The van der Waals surface area contributed by atoms with Crippen LogP contribution < -0.4 is 0 Å². The topological polar surface area (TPSA) is 63.4 Å². The van der Waals surface area contributed by atoms with Gasteiger partial charge in [-0.3, -0.25) is 9.20 Å². The predicted molar refractivity (Wildman–Crippen MR) is 133 cm³/mol. The van der Waals surface area contributed by atoms with E-state index in [1.165, 1.54) is 0 Å². The molecule has 5 aromatic rings. The molecular formula is C27H22ClN5O. The van der Waals surface area contributed by atoms with Gasteiger partial charge in [0.05, 0.1) is 16.8 Å². The smallest absolute Gasteiger partial charge is 0.254 e. The molecular weight excluding hydrogens is 446 g/mol. The van der Waals surface area contributed by atoms with E-state index in [0.29, 0.717) is 29.4 Å². The molecule has 1 fully saturated rings. The second kappa shape index (κ2) is 8.54. The van der Waals surface area contributed by atoms with Crippen molar-refractivity contribution in [3.8, 4) is 11.3 Å². The predicted octanol–water partition coefficient (Wildman–Crippen LogP) is 5.62. The van der Waals surface area contributed by atoms with Gasteiger partial charge in [-0.05, 0) is 43.2 Å². The van der Waals surface area contributed by atoms with Crippen LogP contribution >= 0.6 is 11.6 Å². The van der Waals surface area contributed by atoms with Gasteiger partial charge in [0.15, 0.2) is 5.65 Å². The molecule has 1 amide bonds. The van der Waals surface area contributed by atoms with Crippen LogP contribution in [0.5, 0.6) is 0 Å². The first-order valence-corrected chi connectivity index (χ1v) is 11.8. The molecule has 0 saturated carbocycles. The highest BCUT2D eigenvalue weighted by Gasteiger charge is 2.29. The first kappa shape index (κ1) is 20.8. The normalized spacial score (nSPS) is 16.3. The second-order valence-electron chi connectivity index (χ2n) is 8.63. The summed E-state index contributed by atoms with van der Waals surface area (Å²) >= 11 is 6.46.